The van der Waals surface area contributed by atoms with E-state index < -0.39 is 2.64 Å². The molecule has 159 valence electrons. The normalized spacial score (nSPS) is 20.2. The van der Waals surface area contributed by atoms with Crippen molar-refractivity contribution in [3.8, 4) is 0 Å². The van der Waals surface area contributed by atoms with Crippen molar-refractivity contribution in [1.82, 2.24) is 0 Å². The molecule has 0 aromatic carbocycles. The summed E-state index contributed by atoms with van der Waals surface area (Å²) in [4.78, 5) is 0. The maximum atomic E-state index is 3.35. The third kappa shape index (κ3) is 208. The third-order valence-corrected chi connectivity index (χ3v) is 0. The standard InChI is InChI=1S/18BrH.3Ir.3K/h18*1H;;;;;;/q;;;;;;;;;;;;;;;;;;3*+4;3*+1/p-18. The fraction of sp³-hybridized carbons (Fsp3) is 0. The molecule has 0 rings (SSSR count). The van der Waals surface area contributed by atoms with Gasteiger partial charge in [0.15, 0.2) is 0 Å². The van der Waals surface area contributed by atoms with Crippen LogP contribution < -0.4 is 154 Å². The molecule has 0 aliphatic carbocycles. The Morgan fingerprint density at radius 2 is 0.208 bits per heavy atom. The zero-order chi connectivity index (χ0) is 19.2. The summed E-state index contributed by atoms with van der Waals surface area (Å²) in [6.45, 7) is 0. The van der Waals surface area contributed by atoms with Gasteiger partial charge in [-0.2, -0.15) is 0 Å². The zero-order valence-electron chi connectivity index (χ0n) is 10.8. The predicted octanol–water partition coefficient (Wildman–Crippen LogP) is 6.23. The van der Waals surface area contributed by atoms with Crippen LogP contribution in [0.2, 0.25) is 0 Å². The van der Waals surface area contributed by atoms with Gasteiger partial charge in [0, 0.05) is 0 Å². The number of hydrogen-bond donors (Lipinski definition) is 0. The van der Waals surface area contributed by atoms with Crippen molar-refractivity contribution in [2.24, 2.45) is 0 Å². The van der Waals surface area contributed by atoms with Crippen molar-refractivity contribution in [1.29, 1.82) is 0 Å². The summed E-state index contributed by atoms with van der Waals surface area (Å²) in [5.41, 5.74) is 0. The summed E-state index contributed by atoms with van der Waals surface area (Å²) in [5, 5.41) is 0. The second kappa shape index (κ2) is 14.8. The summed E-state index contributed by atoms with van der Waals surface area (Å²) in [6.07, 6.45) is 0. The Bertz CT molecular complexity index is 273. The van der Waals surface area contributed by atoms with Gasteiger partial charge in [0.1, 0.15) is 0 Å². The van der Waals surface area contributed by atoms with Crippen LogP contribution >= 0.6 is 243 Å². The molecule has 0 aromatic rings. The molecule has 0 fully saturated rings. The van der Waals surface area contributed by atoms with E-state index in [4.69, 9.17) is 0 Å². The van der Waals surface area contributed by atoms with Crippen molar-refractivity contribution in [2.45, 2.75) is 0 Å². The average molecular weight is 2130 g/mol. The molecule has 0 spiro atoms. The van der Waals surface area contributed by atoms with Crippen molar-refractivity contribution in [3.05, 3.63) is 0 Å². The smallest absolute Gasteiger partial charge is 1.00 e. The number of rotatable bonds is 0. The molecule has 0 atom stereocenters. The monoisotopic (exact) mass is 2120 g/mol. The first-order valence-electron chi connectivity index (χ1n) is 2.27. The fourth-order valence-corrected chi connectivity index (χ4v) is 0. The van der Waals surface area contributed by atoms with Gasteiger partial charge in [-0.3, -0.25) is 0 Å². The van der Waals surface area contributed by atoms with E-state index in [-0.39, 0.29) is 154 Å². The van der Waals surface area contributed by atoms with Crippen LogP contribution in [0.1, 0.15) is 0 Å². The van der Waals surface area contributed by atoms with Crippen molar-refractivity contribution in [2.75, 3.05) is 0 Å². The molecule has 0 radical (unpaired) electrons. The molecule has 0 aliphatic rings. The number of hydrogen-bond acceptors (Lipinski definition) is 0. The van der Waals surface area contributed by atoms with E-state index in [0.29, 0.717) is 0 Å². The SMILES string of the molecule is [Br][Ir-2]([Br])([Br])([Br])([Br])[Br].[Br][Ir-2]([Br])([Br])([Br])([Br])[Br].[Br][Ir-2]([Br])([Br])([Br])([Br])[Br].[K+].[K+].[K+]. The minimum atomic E-state index is -3.29. The molecule has 0 aliphatic heterocycles. The molecule has 0 N–H and O–H groups in total. The minimum absolute atomic E-state index is 0. The van der Waals surface area contributed by atoms with Crippen molar-refractivity contribution < 1.29 is 157 Å². The Balaban J connectivity index is -0.0000000476. The van der Waals surface area contributed by atoms with Gasteiger partial charge < -0.3 is 0 Å². The first-order chi connectivity index (χ1) is 7.35. The van der Waals surface area contributed by atoms with Crippen molar-refractivity contribution >= 4 is 243 Å². The summed E-state index contributed by atoms with van der Waals surface area (Å²) >= 11 is 60.4. The summed E-state index contributed by atoms with van der Waals surface area (Å²) < 4.78 is -9.87. The van der Waals surface area contributed by atoms with E-state index in [1.54, 1.807) is 0 Å². The number of halogens is 18. The van der Waals surface area contributed by atoms with Gasteiger partial charge in [0.25, 0.3) is 0 Å². The van der Waals surface area contributed by atoms with Crippen molar-refractivity contribution in [3.63, 3.8) is 0 Å². The Labute approximate surface area is 383 Å². The first kappa shape index (κ1) is 52.2. The Morgan fingerprint density at radius 3 is 0.208 bits per heavy atom. The van der Waals surface area contributed by atoms with E-state index in [1.807, 2.05) is 0 Å². The van der Waals surface area contributed by atoms with E-state index in [0.717, 1.165) is 0 Å². The van der Waals surface area contributed by atoms with Crippen LogP contribution in [-0.4, -0.2) is 0 Å². The largest absolute Gasteiger partial charge is 1.00 e. The summed E-state index contributed by atoms with van der Waals surface area (Å²) in [6, 6.07) is 0. The van der Waals surface area contributed by atoms with Crippen LogP contribution in [0.4, 0.5) is 0 Å². The van der Waals surface area contributed by atoms with Crippen LogP contribution in [-0.2, 0) is 2.64 Å². The molecule has 24 heavy (non-hydrogen) atoms. The molecule has 0 unspecified atom stereocenters. The van der Waals surface area contributed by atoms with Gasteiger partial charge in [-0.05, 0) is 0 Å². The van der Waals surface area contributed by atoms with Crippen LogP contribution in [0.3, 0.4) is 0 Å². The third-order valence-electron chi connectivity index (χ3n) is 0. The molecular weight excluding hydrogens is 2130 g/mol. The molecule has 0 nitrogen and oxygen atoms in total. The Kier molecular flexibility index (Phi) is 32.1. The fourth-order valence-electron chi connectivity index (χ4n) is 0. The molecule has 0 aromatic heterocycles. The van der Waals surface area contributed by atoms with Crippen LogP contribution in [0.15, 0.2) is 0 Å². The Hall–Kier alpha value is 15.5. The van der Waals surface area contributed by atoms with E-state index in [1.165, 1.54) is 0 Å². The van der Waals surface area contributed by atoms with Gasteiger partial charge in [0.2, 0.25) is 0 Å². The van der Waals surface area contributed by atoms with Crippen LogP contribution in [0, 0.1) is 0 Å². The van der Waals surface area contributed by atoms with E-state index >= 15 is 0 Å². The molecule has 0 saturated carbocycles. The van der Waals surface area contributed by atoms with Gasteiger partial charge in [-0.15, -0.1) is 0 Å². The van der Waals surface area contributed by atoms with Crippen LogP contribution in [0.25, 0.3) is 0 Å². The van der Waals surface area contributed by atoms with Gasteiger partial charge in [-0.25, -0.2) is 0 Å². The minimum Gasteiger partial charge on any atom is 1.00 e. The van der Waals surface area contributed by atoms with E-state index in [9.17, 15) is 0 Å². The van der Waals surface area contributed by atoms with Gasteiger partial charge >= 0.3 is 400 Å². The average Bonchev–Trinajstić information content (AvgIpc) is 1.19. The topological polar surface area (TPSA) is 0 Å². The molecule has 0 heterocycles. The van der Waals surface area contributed by atoms with E-state index in [2.05, 4.69) is 243 Å². The van der Waals surface area contributed by atoms with Gasteiger partial charge in [-0.1, -0.05) is 0 Å². The molecule has 24 heteroatoms. The molecule has 0 saturated heterocycles. The summed E-state index contributed by atoms with van der Waals surface area (Å²) in [7, 11) is 0. The predicted molar refractivity (Wildman–Crippen MR) is 161 cm³/mol. The summed E-state index contributed by atoms with van der Waals surface area (Å²) in [5.74, 6) is 0. The molecule has 0 amide bonds. The maximum absolute atomic E-state index is 3.35. The van der Waals surface area contributed by atoms with Gasteiger partial charge in [0.05, 0.1) is 0 Å². The van der Waals surface area contributed by atoms with Crippen LogP contribution in [0.5, 0.6) is 0 Å². The molecule has 0 bridgehead atoms. The first-order valence-corrected chi connectivity index (χ1v) is 96.5. The molecular formula is Br18Ir3K3-3. The second-order valence-corrected chi connectivity index (χ2v) is 474. The quantitative estimate of drug-likeness (QED) is 0.253. The maximum Gasteiger partial charge on any atom is 1.00 e. The second-order valence-electron chi connectivity index (χ2n) is 2.14. The zero-order valence-corrected chi connectivity index (χ0v) is 55.9. The Morgan fingerprint density at radius 1 is 0.208 bits per heavy atom.